The van der Waals surface area contributed by atoms with Crippen molar-refractivity contribution >= 4 is 5.91 Å². The molecule has 3 heteroatoms. The molecule has 0 aromatic carbocycles. The molecule has 0 saturated heterocycles. The molecule has 1 unspecified atom stereocenters. The van der Waals surface area contributed by atoms with Crippen LogP contribution in [0.5, 0.6) is 0 Å². The minimum atomic E-state index is 0.179. The summed E-state index contributed by atoms with van der Waals surface area (Å²) in [6.45, 7) is 5.82. The topological polar surface area (TPSA) is 55.1 Å². The normalized spacial score (nSPS) is 12.4. The monoisotopic (exact) mass is 242 g/mol. The van der Waals surface area contributed by atoms with Crippen molar-refractivity contribution in [3.8, 4) is 0 Å². The minimum Gasteiger partial charge on any atom is -0.356 e. The summed E-state index contributed by atoms with van der Waals surface area (Å²) in [6.07, 6.45) is 9.13. The van der Waals surface area contributed by atoms with Crippen LogP contribution in [0.3, 0.4) is 0 Å². The molecular weight excluding hydrogens is 212 g/mol. The number of hydrogen-bond acceptors (Lipinski definition) is 2. The summed E-state index contributed by atoms with van der Waals surface area (Å²) in [4.78, 5) is 11.4. The van der Waals surface area contributed by atoms with E-state index < -0.39 is 0 Å². The first-order valence-electron chi connectivity index (χ1n) is 7.17. The maximum Gasteiger partial charge on any atom is 0.220 e. The third kappa shape index (κ3) is 11.7. The molecule has 0 aliphatic carbocycles. The highest BCUT2D eigenvalue weighted by Gasteiger charge is 2.04. The molecule has 0 aromatic rings. The van der Waals surface area contributed by atoms with Crippen molar-refractivity contribution in [1.29, 1.82) is 0 Å². The van der Waals surface area contributed by atoms with Gasteiger partial charge < -0.3 is 11.1 Å². The Kier molecular flexibility index (Phi) is 11.5. The van der Waals surface area contributed by atoms with Gasteiger partial charge in [-0.25, -0.2) is 0 Å². The Bertz CT molecular complexity index is 183. The van der Waals surface area contributed by atoms with Crippen molar-refractivity contribution in [3.63, 3.8) is 0 Å². The van der Waals surface area contributed by atoms with Crippen LogP contribution >= 0.6 is 0 Å². The van der Waals surface area contributed by atoms with E-state index in [-0.39, 0.29) is 5.91 Å². The second kappa shape index (κ2) is 11.9. The van der Waals surface area contributed by atoms with Crippen molar-refractivity contribution in [2.75, 3.05) is 13.1 Å². The number of nitrogens with two attached hydrogens (primary N) is 1. The van der Waals surface area contributed by atoms with E-state index in [1.165, 1.54) is 32.1 Å². The number of rotatable bonds is 11. The van der Waals surface area contributed by atoms with Crippen LogP contribution in [0.15, 0.2) is 0 Å². The van der Waals surface area contributed by atoms with Crippen LogP contribution < -0.4 is 11.1 Å². The highest BCUT2D eigenvalue weighted by molar-refractivity contribution is 5.75. The third-order valence-corrected chi connectivity index (χ3v) is 3.12. The van der Waals surface area contributed by atoms with Crippen molar-refractivity contribution in [1.82, 2.24) is 5.32 Å². The molecule has 3 nitrogen and oxygen atoms in total. The van der Waals surface area contributed by atoms with Crippen molar-refractivity contribution < 1.29 is 4.79 Å². The largest absolute Gasteiger partial charge is 0.356 e. The van der Waals surface area contributed by atoms with Crippen LogP contribution in [0.2, 0.25) is 0 Å². The Morgan fingerprint density at radius 1 is 1.18 bits per heavy atom. The lowest BCUT2D eigenvalue weighted by Gasteiger charge is -2.08. The van der Waals surface area contributed by atoms with Crippen LogP contribution in [0.4, 0.5) is 0 Å². The van der Waals surface area contributed by atoms with E-state index in [4.69, 9.17) is 5.73 Å². The molecule has 0 spiro atoms. The van der Waals surface area contributed by atoms with E-state index in [0.717, 1.165) is 19.4 Å². The molecule has 0 heterocycles. The molecule has 3 N–H and O–H groups in total. The number of nitrogens with one attached hydrogen (secondary N) is 1. The number of carbonyl (C=O) groups is 1. The molecule has 1 atom stereocenters. The Hall–Kier alpha value is -0.570. The van der Waals surface area contributed by atoms with Gasteiger partial charge in [0.25, 0.3) is 0 Å². The van der Waals surface area contributed by atoms with Gasteiger partial charge in [0.2, 0.25) is 5.91 Å². The van der Waals surface area contributed by atoms with Gasteiger partial charge in [0.1, 0.15) is 0 Å². The maximum absolute atomic E-state index is 11.4. The first-order chi connectivity index (χ1) is 8.20. The molecule has 102 valence electrons. The van der Waals surface area contributed by atoms with Gasteiger partial charge >= 0.3 is 0 Å². The second-order valence-electron chi connectivity index (χ2n) is 5.00. The average Bonchev–Trinajstić information content (AvgIpc) is 2.34. The van der Waals surface area contributed by atoms with E-state index >= 15 is 0 Å². The minimum absolute atomic E-state index is 0.179. The van der Waals surface area contributed by atoms with E-state index in [1.807, 2.05) is 0 Å². The van der Waals surface area contributed by atoms with Crippen molar-refractivity contribution in [3.05, 3.63) is 0 Å². The zero-order valence-electron chi connectivity index (χ0n) is 11.6. The summed E-state index contributed by atoms with van der Waals surface area (Å²) >= 11 is 0. The van der Waals surface area contributed by atoms with Gasteiger partial charge in [-0.05, 0) is 25.3 Å². The van der Waals surface area contributed by atoms with E-state index in [2.05, 4.69) is 19.2 Å². The molecule has 0 aliphatic rings. The predicted octanol–water partition coefficient (Wildman–Crippen LogP) is 2.84. The van der Waals surface area contributed by atoms with Gasteiger partial charge in [0.05, 0.1) is 0 Å². The first-order valence-corrected chi connectivity index (χ1v) is 7.17. The highest BCUT2D eigenvalue weighted by atomic mass is 16.1. The van der Waals surface area contributed by atoms with Crippen molar-refractivity contribution in [2.24, 2.45) is 11.7 Å². The van der Waals surface area contributed by atoms with Crippen LogP contribution in [-0.2, 0) is 4.79 Å². The zero-order chi connectivity index (χ0) is 12.9. The molecule has 17 heavy (non-hydrogen) atoms. The number of carbonyl (C=O) groups excluding carboxylic acids is 1. The van der Waals surface area contributed by atoms with Gasteiger partial charge in [0, 0.05) is 13.0 Å². The van der Waals surface area contributed by atoms with Gasteiger partial charge in [-0.3, -0.25) is 4.79 Å². The number of amides is 1. The Labute approximate surface area is 107 Å². The summed E-state index contributed by atoms with van der Waals surface area (Å²) in [5, 5.41) is 2.97. The Morgan fingerprint density at radius 2 is 1.82 bits per heavy atom. The molecule has 0 radical (unpaired) electrons. The molecule has 1 amide bonds. The smallest absolute Gasteiger partial charge is 0.220 e. The molecule has 0 aliphatic heterocycles. The molecule has 0 aromatic heterocycles. The first kappa shape index (κ1) is 16.4. The fraction of sp³-hybridized carbons (Fsp3) is 0.929. The lowest BCUT2D eigenvalue weighted by molar-refractivity contribution is -0.121. The van der Waals surface area contributed by atoms with Crippen LogP contribution in [0.25, 0.3) is 0 Å². The van der Waals surface area contributed by atoms with E-state index in [9.17, 15) is 4.79 Å². The summed E-state index contributed by atoms with van der Waals surface area (Å²) in [5.74, 6) is 0.633. The Morgan fingerprint density at radius 3 is 2.47 bits per heavy atom. The average molecular weight is 242 g/mol. The SMILES string of the molecule is CCCCCCCCNC(=O)CCC(C)CN. The third-order valence-electron chi connectivity index (χ3n) is 3.12. The second-order valence-corrected chi connectivity index (χ2v) is 5.00. The van der Waals surface area contributed by atoms with E-state index in [1.54, 1.807) is 0 Å². The summed E-state index contributed by atoms with van der Waals surface area (Å²) in [6, 6.07) is 0. The fourth-order valence-corrected chi connectivity index (χ4v) is 1.72. The summed E-state index contributed by atoms with van der Waals surface area (Å²) in [7, 11) is 0. The highest BCUT2D eigenvalue weighted by Crippen LogP contribution is 2.05. The van der Waals surface area contributed by atoms with Crippen LogP contribution in [-0.4, -0.2) is 19.0 Å². The van der Waals surface area contributed by atoms with Gasteiger partial charge in [-0.2, -0.15) is 0 Å². The van der Waals surface area contributed by atoms with Crippen molar-refractivity contribution in [2.45, 2.75) is 65.2 Å². The van der Waals surface area contributed by atoms with Crippen LogP contribution in [0, 0.1) is 5.92 Å². The molecule has 0 rings (SSSR count). The summed E-state index contributed by atoms with van der Waals surface area (Å²) < 4.78 is 0. The quantitative estimate of drug-likeness (QED) is 0.547. The van der Waals surface area contributed by atoms with Gasteiger partial charge in [-0.1, -0.05) is 46.0 Å². The number of unbranched alkanes of at least 4 members (excludes halogenated alkanes) is 5. The predicted molar refractivity (Wildman–Crippen MR) is 73.8 cm³/mol. The number of hydrogen-bond donors (Lipinski definition) is 2. The lowest BCUT2D eigenvalue weighted by atomic mass is 10.1. The van der Waals surface area contributed by atoms with Gasteiger partial charge in [-0.15, -0.1) is 0 Å². The standard InChI is InChI=1S/C14H30N2O/c1-3-4-5-6-7-8-11-16-14(17)10-9-13(2)12-15/h13H,3-12,15H2,1-2H3,(H,16,17). The Balaban J connectivity index is 3.22. The molecular formula is C14H30N2O. The molecule has 0 saturated carbocycles. The van der Waals surface area contributed by atoms with Crippen LogP contribution in [0.1, 0.15) is 65.2 Å². The lowest BCUT2D eigenvalue weighted by Crippen LogP contribution is -2.25. The molecule has 0 bridgehead atoms. The fourth-order valence-electron chi connectivity index (χ4n) is 1.72. The molecule has 0 fully saturated rings. The summed E-state index contributed by atoms with van der Waals surface area (Å²) in [5.41, 5.74) is 5.51. The van der Waals surface area contributed by atoms with Gasteiger partial charge in [0.15, 0.2) is 0 Å². The maximum atomic E-state index is 11.4. The van der Waals surface area contributed by atoms with E-state index in [0.29, 0.717) is 18.9 Å². The zero-order valence-corrected chi connectivity index (χ0v) is 11.6.